The van der Waals surface area contributed by atoms with Gasteiger partial charge in [-0.15, -0.1) is 0 Å². The minimum absolute atomic E-state index is 0.241. The Balaban J connectivity index is 9.32. The fourth-order valence-corrected chi connectivity index (χ4v) is 17.3. The Kier molecular flexibility index (Phi) is 12.6. The van der Waals surface area contributed by atoms with Crippen molar-refractivity contribution < 1.29 is 0 Å². The first-order chi connectivity index (χ1) is 17.7. The maximum atomic E-state index is 10.2. The van der Waals surface area contributed by atoms with Crippen molar-refractivity contribution in [1.82, 2.24) is 0 Å². The Morgan fingerprint density at radius 1 is 0.421 bits per heavy atom. The number of hydrogen-bond donors (Lipinski definition) is 0. The molecular weight excluding hydrogens is 689 g/mol. The maximum absolute atomic E-state index is 10.2. The van der Waals surface area contributed by atoms with Crippen LogP contribution in [0.5, 0.6) is 0 Å². The molecule has 0 spiro atoms. The summed E-state index contributed by atoms with van der Waals surface area (Å²) in [6, 6.07) is 17.3. The third-order valence-electron chi connectivity index (χ3n) is 5.41. The van der Waals surface area contributed by atoms with Crippen molar-refractivity contribution >= 4 is 43.5 Å². The molecule has 0 heterocycles. The SMILES string of the molecule is [CH3][Sn]([CH3])([CH3])[C](B([C](=C(C#N)C#N)[Sn]([CH3])([CH3])[CH3])C(C(C#N)=C(C#N)C#N)C(C#N)=C(C#N)C#N)=C(C#N)C#N. The van der Waals surface area contributed by atoms with Crippen LogP contribution in [0.15, 0.2) is 40.4 Å². The first kappa shape index (κ1) is 33.5. The van der Waals surface area contributed by atoms with Crippen molar-refractivity contribution in [3.8, 4) is 60.7 Å². The number of allylic oxidation sites excluding steroid dienone is 6. The molecule has 0 radical (unpaired) electrons. The Bertz CT molecular complexity index is 1410. The minimum atomic E-state index is -3.75. The molecule has 0 aromatic rings. The molecule has 0 aliphatic heterocycles. The van der Waals surface area contributed by atoms with Gasteiger partial charge in [0, 0.05) is 0 Å². The Morgan fingerprint density at radius 2 is 0.658 bits per heavy atom. The van der Waals surface area contributed by atoms with Crippen molar-refractivity contribution in [2.75, 3.05) is 0 Å². The van der Waals surface area contributed by atoms with Gasteiger partial charge in [-0.1, -0.05) is 0 Å². The number of nitriles is 10. The fourth-order valence-electron chi connectivity index (χ4n) is 4.09. The van der Waals surface area contributed by atoms with E-state index in [1.807, 2.05) is 53.9 Å². The Morgan fingerprint density at radius 3 is 0.816 bits per heavy atom. The molecule has 0 aromatic carbocycles. The molecule has 0 rings (SSSR count). The zero-order chi connectivity index (χ0) is 29.8. The normalized spacial score (nSPS) is 9.29. The monoisotopic (exact) mass is 710 g/mol. The molecule has 0 N–H and O–H groups in total. The van der Waals surface area contributed by atoms with Crippen LogP contribution in [0.2, 0.25) is 35.5 Å². The summed E-state index contributed by atoms with van der Waals surface area (Å²) in [6.07, 6.45) is 0. The van der Waals surface area contributed by atoms with Crippen LogP contribution in [0.4, 0.5) is 0 Å². The van der Waals surface area contributed by atoms with Crippen LogP contribution in [-0.2, 0) is 0 Å². The van der Waals surface area contributed by atoms with Crippen LogP contribution in [0.25, 0.3) is 0 Å². The molecule has 13 heteroatoms. The molecule has 0 atom stereocenters. The fraction of sp³-hybridized carbons (Fsp3) is 0.280. The standard InChI is InChI=1S/C19HBN10.6CH3.2Sn/c21-3-13(4-22)1-20(2-14(5-23)6-24)19(17(11-29)15(7-25)8-26)18(12-30)16(9-27)10-28;;;;;;;;/h19H;6*1H3;;. The van der Waals surface area contributed by atoms with Crippen LogP contribution in [0, 0.1) is 113 Å². The van der Waals surface area contributed by atoms with E-state index in [4.69, 9.17) is 0 Å². The van der Waals surface area contributed by atoms with Crippen LogP contribution in [-0.4, -0.2) is 43.5 Å². The predicted octanol–water partition coefficient (Wildman–Crippen LogP) is 4.11. The van der Waals surface area contributed by atoms with Crippen LogP contribution in [0.3, 0.4) is 0 Å². The quantitative estimate of drug-likeness (QED) is 0.271. The van der Waals surface area contributed by atoms with E-state index in [0.29, 0.717) is 0 Å². The summed E-state index contributed by atoms with van der Waals surface area (Å²) >= 11 is -7.49. The number of nitrogens with zero attached hydrogens (tertiary/aromatic N) is 10. The molecule has 0 unspecified atom stereocenters. The van der Waals surface area contributed by atoms with Gasteiger partial charge in [0.2, 0.25) is 0 Å². The topological polar surface area (TPSA) is 238 Å². The molecule has 0 fully saturated rings. The zero-order valence-corrected chi connectivity index (χ0v) is 27.3. The van der Waals surface area contributed by atoms with Crippen molar-refractivity contribution in [3.05, 3.63) is 40.4 Å². The summed E-state index contributed by atoms with van der Waals surface area (Å²) in [6.45, 7) is -1.33. The molecule has 0 amide bonds. The Labute approximate surface area is 231 Å². The first-order valence-corrected chi connectivity index (χ1v) is 30.7. The van der Waals surface area contributed by atoms with Gasteiger partial charge < -0.3 is 0 Å². The van der Waals surface area contributed by atoms with E-state index in [1.165, 1.54) is 0 Å². The summed E-state index contributed by atoms with van der Waals surface area (Å²) in [4.78, 5) is 11.0. The van der Waals surface area contributed by atoms with Gasteiger partial charge in [-0.05, 0) is 0 Å². The third kappa shape index (κ3) is 7.28. The second-order valence-electron chi connectivity index (χ2n) is 9.73. The van der Waals surface area contributed by atoms with E-state index in [9.17, 15) is 52.6 Å². The zero-order valence-electron chi connectivity index (χ0n) is 21.6. The van der Waals surface area contributed by atoms with E-state index in [1.54, 1.807) is 36.4 Å². The summed E-state index contributed by atoms with van der Waals surface area (Å²) in [7, 11) is 0. The van der Waals surface area contributed by atoms with Crippen molar-refractivity contribution in [1.29, 1.82) is 52.6 Å². The Hall–Kier alpha value is -4.48. The average Bonchev–Trinajstić information content (AvgIpc) is 2.86. The molecule has 180 valence electrons. The molecule has 0 saturated carbocycles. The molecule has 10 nitrogen and oxygen atoms in total. The number of hydrogen-bond acceptors (Lipinski definition) is 10. The van der Waals surface area contributed by atoms with Crippen LogP contribution < -0.4 is 0 Å². The predicted molar refractivity (Wildman–Crippen MR) is 140 cm³/mol. The average molecular weight is 708 g/mol. The molecule has 0 aromatic heterocycles. The van der Waals surface area contributed by atoms with Crippen molar-refractivity contribution in [2.45, 2.75) is 35.5 Å². The van der Waals surface area contributed by atoms with Crippen LogP contribution >= 0.6 is 0 Å². The first-order valence-electron chi connectivity index (χ1n) is 10.7. The van der Waals surface area contributed by atoms with E-state index in [2.05, 4.69) is 0 Å². The molecular formula is C25H19BN10Sn2. The second-order valence-corrected chi connectivity index (χ2v) is 38.5. The molecule has 38 heavy (non-hydrogen) atoms. The van der Waals surface area contributed by atoms with Crippen molar-refractivity contribution in [2.24, 2.45) is 0 Å². The van der Waals surface area contributed by atoms with E-state index < -0.39 is 71.6 Å². The van der Waals surface area contributed by atoms with Gasteiger partial charge in [-0.25, -0.2) is 0 Å². The summed E-state index contributed by atoms with van der Waals surface area (Å²) < 4.78 is 0.481. The van der Waals surface area contributed by atoms with Crippen molar-refractivity contribution in [3.63, 3.8) is 0 Å². The summed E-state index contributed by atoms with van der Waals surface area (Å²) in [5.41, 5.74) is -3.22. The molecule has 0 saturated heterocycles. The van der Waals surface area contributed by atoms with E-state index in [-0.39, 0.29) is 18.1 Å². The number of rotatable bonds is 7. The molecule has 0 aliphatic carbocycles. The van der Waals surface area contributed by atoms with E-state index >= 15 is 0 Å². The van der Waals surface area contributed by atoms with E-state index in [0.717, 1.165) is 0 Å². The van der Waals surface area contributed by atoms with Gasteiger partial charge in [0.1, 0.15) is 0 Å². The van der Waals surface area contributed by atoms with Gasteiger partial charge in [-0.2, -0.15) is 0 Å². The van der Waals surface area contributed by atoms with Crippen LogP contribution in [0.1, 0.15) is 0 Å². The summed E-state index contributed by atoms with van der Waals surface area (Å²) in [5, 5.41) is 98.6. The third-order valence-corrected chi connectivity index (χ3v) is 17.8. The van der Waals surface area contributed by atoms with Gasteiger partial charge in [0.15, 0.2) is 0 Å². The van der Waals surface area contributed by atoms with Gasteiger partial charge in [0.05, 0.1) is 0 Å². The molecule has 0 bridgehead atoms. The van der Waals surface area contributed by atoms with Gasteiger partial charge in [-0.3, -0.25) is 0 Å². The summed E-state index contributed by atoms with van der Waals surface area (Å²) in [5.74, 6) is -1.65. The second kappa shape index (κ2) is 14.3. The molecule has 0 aliphatic rings. The van der Waals surface area contributed by atoms with Gasteiger partial charge in [0.25, 0.3) is 0 Å². The van der Waals surface area contributed by atoms with Gasteiger partial charge >= 0.3 is 233 Å².